The smallest absolute Gasteiger partial charge is 0.193 e. The lowest BCUT2D eigenvalue weighted by Gasteiger charge is -2.22. The second-order valence-electron chi connectivity index (χ2n) is 4.81. The van der Waals surface area contributed by atoms with Gasteiger partial charge in [-0.2, -0.15) is 0 Å². The Bertz CT molecular complexity index is 384. The fourth-order valence-electron chi connectivity index (χ4n) is 1.86. The second kappa shape index (κ2) is 10.1. The number of allylic oxidation sites excluding steroid dienone is 1. The molecule has 1 aromatic rings. The number of hydrogen-bond donors (Lipinski definition) is 1. The quantitative estimate of drug-likeness (QED) is 0.326. The number of furan rings is 1. The fraction of sp³-hybridized carbons (Fsp3) is 0.562. The summed E-state index contributed by atoms with van der Waals surface area (Å²) in [7, 11) is 2.08. The molecule has 0 bridgehead atoms. The monoisotopic (exact) mass is 277 g/mol. The zero-order valence-electron chi connectivity index (χ0n) is 12.8. The zero-order valence-corrected chi connectivity index (χ0v) is 12.8. The van der Waals surface area contributed by atoms with Gasteiger partial charge in [-0.3, -0.25) is 4.99 Å². The predicted molar refractivity (Wildman–Crippen MR) is 85.1 cm³/mol. The van der Waals surface area contributed by atoms with E-state index in [4.69, 9.17) is 4.42 Å². The molecule has 0 saturated carbocycles. The molecular weight excluding hydrogens is 250 g/mol. The summed E-state index contributed by atoms with van der Waals surface area (Å²) >= 11 is 0. The van der Waals surface area contributed by atoms with Gasteiger partial charge in [0.15, 0.2) is 5.96 Å². The fourth-order valence-corrected chi connectivity index (χ4v) is 1.86. The minimum absolute atomic E-state index is 0.835. The van der Waals surface area contributed by atoms with E-state index in [-0.39, 0.29) is 0 Å². The maximum Gasteiger partial charge on any atom is 0.193 e. The van der Waals surface area contributed by atoms with Crippen LogP contribution in [0.2, 0.25) is 0 Å². The molecule has 1 N–H and O–H groups in total. The van der Waals surface area contributed by atoms with Gasteiger partial charge in [0, 0.05) is 33.1 Å². The van der Waals surface area contributed by atoms with Gasteiger partial charge in [-0.05, 0) is 31.4 Å². The standard InChI is InChI=1S/C16H27N3O/c1-4-6-7-13-19(3)16(17-11-5-2)18-12-10-15-9-8-14-20-15/h4,8-9,14H,1,5-7,10-13H2,2-3H3,(H,17,18). The summed E-state index contributed by atoms with van der Waals surface area (Å²) in [6.07, 6.45) is 7.75. The average molecular weight is 277 g/mol. The van der Waals surface area contributed by atoms with Crippen LogP contribution in [0.4, 0.5) is 0 Å². The Morgan fingerprint density at radius 3 is 3.05 bits per heavy atom. The number of unbranched alkanes of at least 4 members (excludes halogenated alkanes) is 1. The van der Waals surface area contributed by atoms with Crippen molar-refractivity contribution in [2.75, 3.05) is 26.7 Å². The molecule has 0 radical (unpaired) electrons. The maximum atomic E-state index is 5.33. The molecule has 1 heterocycles. The van der Waals surface area contributed by atoms with Crippen molar-refractivity contribution in [2.45, 2.75) is 32.6 Å². The molecule has 112 valence electrons. The minimum atomic E-state index is 0.835. The van der Waals surface area contributed by atoms with Gasteiger partial charge in [0.05, 0.1) is 6.26 Å². The van der Waals surface area contributed by atoms with Crippen molar-refractivity contribution in [3.63, 3.8) is 0 Å². The number of rotatable bonds is 9. The van der Waals surface area contributed by atoms with Crippen molar-refractivity contribution in [1.82, 2.24) is 10.2 Å². The first-order chi connectivity index (χ1) is 9.77. The van der Waals surface area contributed by atoms with Crippen LogP contribution in [0.5, 0.6) is 0 Å². The third-order valence-electron chi connectivity index (χ3n) is 2.98. The lowest BCUT2D eigenvalue weighted by molar-refractivity contribution is 0.463. The molecule has 4 nitrogen and oxygen atoms in total. The Kier molecular flexibility index (Phi) is 8.27. The highest BCUT2D eigenvalue weighted by Crippen LogP contribution is 2.00. The first kappa shape index (κ1) is 16.3. The Hall–Kier alpha value is -1.71. The molecule has 0 fully saturated rings. The van der Waals surface area contributed by atoms with Crippen LogP contribution in [0.1, 0.15) is 31.9 Å². The molecule has 20 heavy (non-hydrogen) atoms. The van der Waals surface area contributed by atoms with E-state index in [1.807, 2.05) is 18.2 Å². The van der Waals surface area contributed by atoms with Gasteiger partial charge in [0.25, 0.3) is 0 Å². The molecule has 4 heteroatoms. The largest absolute Gasteiger partial charge is 0.469 e. The predicted octanol–water partition coefficient (Wildman–Crippen LogP) is 3.08. The molecule has 0 spiro atoms. The van der Waals surface area contributed by atoms with E-state index in [2.05, 4.69) is 35.8 Å². The van der Waals surface area contributed by atoms with Crippen LogP contribution in [0.3, 0.4) is 0 Å². The first-order valence-corrected chi connectivity index (χ1v) is 7.40. The van der Waals surface area contributed by atoms with Crippen LogP contribution in [-0.4, -0.2) is 37.5 Å². The summed E-state index contributed by atoms with van der Waals surface area (Å²) in [6, 6.07) is 3.92. The van der Waals surface area contributed by atoms with E-state index in [0.717, 1.165) is 57.0 Å². The summed E-state index contributed by atoms with van der Waals surface area (Å²) in [6.45, 7) is 8.58. The van der Waals surface area contributed by atoms with Crippen molar-refractivity contribution >= 4 is 5.96 Å². The van der Waals surface area contributed by atoms with Gasteiger partial charge in [0.2, 0.25) is 0 Å². The highest BCUT2D eigenvalue weighted by molar-refractivity contribution is 5.79. The van der Waals surface area contributed by atoms with Gasteiger partial charge < -0.3 is 14.6 Å². The Morgan fingerprint density at radius 2 is 2.40 bits per heavy atom. The number of guanidine groups is 1. The summed E-state index contributed by atoms with van der Waals surface area (Å²) in [5.74, 6) is 1.98. The van der Waals surface area contributed by atoms with Crippen LogP contribution in [-0.2, 0) is 6.42 Å². The minimum Gasteiger partial charge on any atom is -0.469 e. The molecule has 1 aromatic heterocycles. The van der Waals surface area contributed by atoms with Crippen molar-refractivity contribution in [1.29, 1.82) is 0 Å². The average Bonchev–Trinajstić information content (AvgIpc) is 2.96. The third kappa shape index (κ3) is 6.45. The first-order valence-electron chi connectivity index (χ1n) is 7.40. The Morgan fingerprint density at radius 1 is 1.55 bits per heavy atom. The van der Waals surface area contributed by atoms with E-state index in [0.29, 0.717) is 0 Å². The summed E-state index contributed by atoms with van der Waals surface area (Å²) < 4.78 is 5.33. The SMILES string of the molecule is C=CCCCN(C)C(=NCCC)NCCc1ccco1. The van der Waals surface area contributed by atoms with E-state index in [1.165, 1.54) is 0 Å². The Balaban J connectivity index is 2.40. The molecule has 0 aliphatic heterocycles. The molecule has 0 unspecified atom stereocenters. The van der Waals surface area contributed by atoms with E-state index in [9.17, 15) is 0 Å². The summed E-state index contributed by atoms with van der Waals surface area (Å²) in [5.41, 5.74) is 0. The van der Waals surface area contributed by atoms with Crippen LogP contribution < -0.4 is 5.32 Å². The van der Waals surface area contributed by atoms with Crippen LogP contribution in [0.25, 0.3) is 0 Å². The van der Waals surface area contributed by atoms with E-state index in [1.54, 1.807) is 6.26 Å². The van der Waals surface area contributed by atoms with Gasteiger partial charge in [-0.15, -0.1) is 6.58 Å². The molecule has 0 atom stereocenters. The molecule has 1 rings (SSSR count). The molecule has 0 aromatic carbocycles. The lowest BCUT2D eigenvalue weighted by Crippen LogP contribution is -2.40. The molecule has 0 aliphatic rings. The highest BCUT2D eigenvalue weighted by Gasteiger charge is 2.05. The normalized spacial score (nSPS) is 11.4. The van der Waals surface area contributed by atoms with Gasteiger partial charge in [0.1, 0.15) is 5.76 Å². The maximum absolute atomic E-state index is 5.33. The van der Waals surface area contributed by atoms with Gasteiger partial charge >= 0.3 is 0 Å². The highest BCUT2D eigenvalue weighted by atomic mass is 16.3. The van der Waals surface area contributed by atoms with Gasteiger partial charge in [-0.25, -0.2) is 0 Å². The number of nitrogens with one attached hydrogen (secondary N) is 1. The van der Waals surface area contributed by atoms with Crippen molar-refractivity contribution < 1.29 is 4.42 Å². The van der Waals surface area contributed by atoms with Crippen LogP contribution in [0.15, 0.2) is 40.5 Å². The Labute approximate surface area is 122 Å². The van der Waals surface area contributed by atoms with E-state index < -0.39 is 0 Å². The molecule has 0 aliphatic carbocycles. The number of hydrogen-bond acceptors (Lipinski definition) is 2. The molecule has 0 amide bonds. The number of nitrogens with zero attached hydrogens (tertiary/aromatic N) is 2. The zero-order chi connectivity index (χ0) is 14.6. The van der Waals surface area contributed by atoms with Crippen LogP contribution in [0, 0.1) is 0 Å². The van der Waals surface area contributed by atoms with Crippen molar-refractivity contribution in [3.8, 4) is 0 Å². The topological polar surface area (TPSA) is 40.8 Å². The number of aliphatic imine (C=N–C) groups is 1. The van der Waals surface area contributed by atoms with Crippen LogP contribution >= 0.6 is 0 Å². The second-order valence-corrected chi connectivity index (χ2v) is 4.81. The molecular formula is C16H27N3O. The van der Waals surface area contributed by atoms with Crippen molar-refractivity contribution in [2.24, 2.45) is 4.99 Å². The van der Waals surface area contributed by atoms with Gasteiger partial charge in [-0.1, -0.05) is 13.0 Å². The third-order valence-corrected chi connectivity index (χ3v) is 2.98. The molecule has 0 saturated heterocycles. The summed E-state index contributed by atoms with van der Waals surface area (Å²) in [4.78, 5) is 6.80. The van der Waals surface area contributed by atoms with E-state index >= 15 is 0 Å². The summed E-state index contributed by atoms with van der Waals surface area (Å²) in [5, 5.41) is 3.41. The van der Waals surface area contributed by atoms with Crippen molar-refractivity contribution in [3.05, 3.63) is 36.8 Å². The lowest BCUT2D eigenvalue weighted by atomic mass is 10.3.